The van der Waals surface area contributed by atoms with Gasteiger partial charge in [0.2, 0.25) is 0 Å². The van der Waals surface area contributed by atoms with Crippen LogP contribution in [0.15, 0.2) is 6.20 Å². The number of aromatic amines is 1. The fourth-order valence-electron chi connectivity index (χ4n) is 1.54. The third-order valence-electron chi connectivity index (χ3n) is 2.51. The van der Waals surface area contributed by atoms with Crippen molar-refractivity contribution in [1.82, 2.24) is 15.1 Å². The zero-order chi connectivity index (χ0) is 11.8. The van der Waals surface area contributed by atoms with Crippen molar-refractivity contribution in [2.24, 2.45) is 0 Å². The molecule has 0 atom stereocenters. The number of nitrogens with two attached hydrogens (primary N) is 1. The van der Waals surface area contributed by atoms with Crippen LogP contribution in [0.4, 0.5) is 5.69 Å². The fraction of sp³-hybridized carbons (Fsp3) is 0.500. The lowest BCUT2D eigenvalue weighted by molar-refractivity contribution is 0.0765. The smallest absolute Gasteiger partial charge is 0.274 e. The summed E-state index contributed by atoms with van der Waals surface area (Å²) in [5.41, 5.74) is 6.04. The van der Waals surface area contributed by atoms with Crippen LogP contribution in [0.1, 0.15) is 10.5 Å². The third kappa shape index (κ3) is 2.01. The number of carbonyl (C=O) groups excluding carboxylic acids is 1. The Morgan fingerprint density at radius 2 is 2.06 bits per heavy atom. The van der Waals surface area contributed by atoms with Crippen molar-refractivity contribution < 1.29 is 13.2 Å². The Labute approximate surface area is 92.5 Å². The van der Waals surface area contributed by atoms with Crippen LogP contribution in [0, 0.1) is 0 Å². The van der Waals surface area contributed by atoms with Crippen LogP contribution in [-0.2, 0) is 9.84 Å². The summed E-state index contributed by atoms with van der Waals surface area (Å²) in [6.45, 7) is 0.416. The van der Waals surface area contributed by atoms with E-state index >= 15 is 0 Å². The van der Waals surface area contributed by atoms with Crippen molar-refractivity contribution >= 4 is 21.4 Å². The van der Waals surface area contributed by atoms with Gasteiger partial charge in [-0.15, -0.1) is 0 Å². The molecule has 0 bridgehead atoms. The first-order chi connectivity index (χ1) is 7.49. The quantitative estimate of drug-likeness (QED) is 0.649. The number of anilines is 1. The molecule has 0 aromatic carbocycles. The molecule has 8 heteroatoms. The number of aromatic nitrogens is 2. The summed E-state index contributed by atoms with van der Waals surface area (Å²) in [4.78, 5) is 13.3. The van der Waals surface area contributed by atoms with Crippen LogP contribution in [0.3, 0.4) is 0 Å². The molecule has 3 N–H and O–H groups in total. The van der Waals surface area contributed by atoms with Crippen molar-refractivity contribution in [3.05, 3.63) is 11.9 Å². The average Bonchev–Trinajstić information content (AvgIpc) is 2.63. The van der Waals surface area contributed by atoms with Crippen LogP contribution >= 0.6 is 0 Å². The predicted octanol–water partition coefficient (Wildman–Crippen LogP) is -1.14. The van der Waals surface area contributed by atoms with E-state index in [2.05, 4.69) is 10.2 Å². The van der Waals surface area contributed by atoms with E-state index in [0.29, 0.717) is 0 Å². The molecular weight excluding hydrogens is 232 g/mol. The summed E-state index contributed by atoms with van der Waals surface area (Å²) in [7, 11) is -2.98. The van der Waals surface area contributed by atoms with Gasteiger partial charge in [0, 0.05) is 13.1 Å². The Morgan fingerprint density at radius 3 is 2.56 bits per heavy atom. The highest BCUT2D eigenvalue weighted by molar-refractivity contribution is 7.91. The first-order valence-electron chi connectivity index (χ1n) is 4.78. The van der Waals surface area contributed by atoms with E-state index < -0.39 is 9.84 Å². The van der Waals surface area contributed by atoms with Gasteiger partial charge in [0.15, 0.2) is 9.84 Å². The molecule has 0 aliphatic carbocycles. The molecule has 1 aromatic heterocycles. The van der Waals surface area contributed by atoms with E-state index in [-0.39, 0.29) is 41.9 Å². The maximum Gasteiger partial charge on any atom is 0.274 e. The number of nitrogens with zero attached hydrogens (tertiary/aromatic N) is 2. The highest BCUT2D eigenvalue weighted by Gasteiger charge is 2.27. The maximum absolute atomic E-state index is 11.9. The molecule has 1 aliphatic rings. The summed E-state index contributed by atoms with van der Waals surface area (Å²) in [5, 5.41) is 6.16. The molecule has 2 rings (SSSR count). The molecule has 1 saturated heterocycles. The van der Waals surface area contributed by atoms with Crippen LogP contribution in [-0.4, -0.2) is 54.0 Å². The number of nitrogen functional groups attached to an aromatic ring is 1. The highest BCUT2D eigenvalue weighted by Crippen LogP contribution is 2.12. The summed E-state index contributed by atoms with van der Waals surface area (Å²) < 4.78 is 22.4. The zero-order valence-electron chi connectivity index (χ0n) is 8.51. The molecule has 1 aliphatic heterocycles. The first kappa shape index (κ1) is 10.9. The number of sulfone groups is 1. The zero-order valence-corrected chi connectivity index (χ0v) is 9.33. The van der Waals surface area contributed by atoms with Crippen molar-refractivity contribution in [2.75, 3.05) is 30.3 Å². The van der Waals surface area contributed by atoms with Gasteiger partial charge in [0.05, 0.1) is 23.4 Å². The lowest BCUT2D eigenvalue weighted by Crippen LogP contribution is -2.44. The molecule has 0 radical (unpaired) electrons. The summed E-state index contributed by atoms with van der Waals surface area (Å²) in [6, 6.07) is 0. The molecule has 1 aromatic rings. The van der Waals surface area contributed by atoms with Crippen molar-refractivity contribution in [2.45, 2.75) is 0 Å². The van der Waals surface area contributed by atoms with E-state index in [1.165, 1.54) is 11.1 Å². The van der Waals surface area contributed by atoms with Gasteiger partial charge in [-0.3, -0.25) is 9.89 Å². The van der Waals surface area contributed by atoms with Gasteiger partial charge < -0.3 is 10.6 Å². The normalized spacial score (nSPS) is 19.6. The minimum atomic E-state index is -2.98. The fourth-order valence-corrected chi connectivity index (χ4v) is 2.74. The van der Waals surface area contributed by atoms with Crippen molar-refractivity contribution in [1.29, 1.82) is 0 Å². The number of H-pyrrole nitrogens is 1. The molecule has 0 saturated carbocycles. The second-order valence-electron chi connectivity index (χ2n) is 3.64. The Morgan fingerprint density at radius 1 is 1.44 bits per heavy atom. The Bertz CT molecular complexity index is 493. The lowest BCUT2D eigenvalue weighted by Gasteiger charge is -2.26. The first-order valence-corrected chi connectivity index (χ1v) is 6.60. The van der Waals surface area contributed by atoms with Gasteiger partial charge in [-0.1, -0.05) is 0 Å². The molecule has 1 fully saturated rings. The number of hydrogen-bond donors (Lipinski definition) is 2. The number of amides is 1. The Balaban J connectivity index is 2.11. The summed E-state index contributed by atoms with van der Waals surface area (Å²) >= 11 is 0. The molecule has 1 amide bonds. The van der Waals surface area contributed by atoms with Gasteiger partial charge in [-0.25, -0.2) is 8.42 Å². The van der Waals surface area contributed by atoms with E-state index in [1.807, 2.05) is 0 Å². The Hall–Kier alpha value is -1.57. The predicted molar refractivity (Wildman–Crippen MR) is 57.6 cm³/mol. The highest BCUT2D eigenvalue weighted by atomic mass is 32.2. The SMILES string of the molecule is Nc1cn[nH]c1C(=O)N1CCS(=O)(=O)CC1. The minimum absolute atomic E-state index is 0.00673. The summed E-state index contributed by atoms with van der Waals surface area (Å²) in [5.74, 6) is -0.288. The minimum Gasteiger partial charge on any atom is -0.396 e. The summed E-state index contributed by atoms with van der Waals surface area (Å²) in [6.07, 6.45) is 1.36. The third-order valence-corrected chi connectivity index (χ3v) is 4.12. The molecule has 0 unspecified atom stereocenters. The average molecular weight is 244 g/mol. The van der Waals surface area contributed by atoms with Gasteiger partial charge in [0.25, 0.3) is 5.91 Å². The van der Waals surface area contributed by atoms with E-state index in [0.717, 1.165) is 0 Å². The Kier molecular flexibility index (Phi) is 2.58. The maximum atomic E-state index is 11.9. The number of nitrogens with one attached hydrogen (secondary N) is 1. The van der Waals surface area contributed by atoms with E-state index in [4.69, 9.17) is 5.73 Å². The van der Waals surface area contributed by atoms with Gasteiger partial charge >= 0.3 is 0 Å². The van der Waals surface area contributed by atoms with Gasteiger partial charge in [0.1, 0.15) is 5.69 Å². The second kappa shape index (κ2) is 3.78. The number of hydrogen-bond acceptors (Lipinski definition) is 5. The molecular formula is C8H12N4O3S. The van der Waals surface area contributed by atoms with Crippen molar-refractivity contribution in [3.8, 4) is 0 Å². The van der Waals surface area contributed by atoms with E-state index in [1.54, 1.807) is 0 Å². The van der Waals surface area contributed by atoms with Crippen LogP contribution < -0.4 is 5.73 Å². The topological polar surface area (TPSA) is 109 Å². The van der Waals surface area contributed by atoms with Gasteiger partial charge in [-0.05, 0) is 0 Å². The lowest BCUT2D eigenvalue weighted by atomic mass is 10.3. The van der Waals surface area contributed by atoms with Crippen LogP contribution in [0.2, 0.25) is 0 Å². The molecule has 16 heavy (non-hydrogen) atoms. The standard InChI is InChI=1S/C8H12N4O3S/c9-6-5-10-11-7(6)8(13)12-1-3-16(14,15)4-2-12/h5H,1-4,9H2,(H,10,11). The van der Waals surface area contributed by atoms with Crippen LogP contribution in [0.5, 0.6) is 0 Å². The molecule has 7 nitrogen and oxygen atoms in total. The van der Waals surface area contributed by atoms with Crippen LogP contribution in [0.25, 0.3) is 0 Å². The van der Waals surface area contributed by atoms with Crippen molar-refractivity contribution in [3.63, 3.8) is 0 Å². The molecule has 88 valence electrons. The largest absolute Gasteiger partial charge is 0.396 e. The number of rotatable bonds is 1. The number of carbonyl (C=O) groups is 1. The second-order valence-corrected chi connectivity index (χ2v) is 5.95. The molecule has 2 heterocycles. The van der Waals surface area contributed by atoms with Gasteiger partial charge in [-0.2, -0.15) is 5.10 Å². The molecule has 0 spiro atoms. The van der Waals surface area contributed by atoms with E-state index in [9.17, 15) is 13.2 Å². The monoisotopic (exact) mass is 244 g/mol.